The number of allylic oxidation sites excluding steroid dienone is 1. The first-order valence-corrected chi connectivity index (χ1v) is 3.53. The standard InChI is InChI=1S/C4H10.C4H8.CH4O/c2*1-4(2)3;1-2/h4H,1-3H3;1H2,2-3H3;2H,1H3. The molecule has 0 radical (unpaired) electrons. The first kappa shape index (κ1) is 16.4. The largest absolute Gasteiger partial charge is 0.400 e. The average molecular weight is 146 g/mol. The molecule has 0 aromatic heterocycles. The third-order valence-corrected chi connectivity index (χ3v) is 0. The molecular formula is C9H22O. The molecule has 0 heterocycles. The van der Waals surface area contributed by atoms with Crippen molar-refractivity contribution < 1.29 is 5.11 Å². The molecule has 0 fully saturated rings. The molecule has 0 aromatic carbocycles. The fourth-order valence-corrected chi connectivity index (χ4v) is 0. The molecule has 0 unspecified atom stereocenters. The Morgan fingerprint density at radius 1 is 1.10 bits per heavy atom. The molecule has 1 nitrogen and oxygen atoms in total. The first-order chi connectivity index (χ1) is 4.46. The minimum Gasteiger partial charge on any atom is -0.400 e. The van der Waals surface area contributed by atoms with Gasteiger partial charge in [0.15, 0.2) is 0 Å². The zero-order chi connectivity index (χ0) is 9.15. The van der Waals surface area contributed by atoms with Gasteiger partial charge in [-0.2, -0.15) is 0 Å². The molecular weight excluding hydrogens is 124 g/mol. The average Bonchev–Trinajstić information content (AvgIpc) is 1.66. The van der Waals surface area contributed by atoms with Gasteiger partial charge in [0.1, 0.15) is 0 Å². The van der Waals surface area contributed by atoms with Gasteiger partial charge in [0.25, 0.3) is 0 Å². The minimum atomic E-state index is 0.833. The van der Waals surface area contributed by atoms with E-state index in [1.54, 1.807) is 0 Å². The third kappa shape index (κ3) is 3840. The molecule has 0 aliphatic carbocycles. The van der Waals surface area contributed by atoms with Crippen LogP contribution in [0.2, 0.25) is 0 Å². The van der Waals surface area contributed by atoms with Crippen LogP contribution in [0.3, 0.4) is 0 Å². The molecule has 0 atom stereocenters. The van der Waals surface area contributed by atoms with E-state index in [-0.39, 0.29) is 0 Å². The van der Waals surface area contributed by atoms with Gasteiger partial charge in [-0.15, -0.1) is 6.58 Å². The zero-order valence-electron chi connectivity index (χ0n) is 8.23. The third-order valence-electron chi connectivity index (χ3n) is 0. The summed E-state index contributed by atoms with van der Waals surface area (Å²) < 4.78 is 0. The van der Waals surface area contributed by atoms with Gasteiger partial charge in [0.05, 0.1) is 0 Å². The van der Waals surface area contributed by atoms with Gasteiger partial charge in [-0.05, 0) is 19.8 Å². The van der Waals surface area contributed by atoms with Crippen molar-refractivity contribution in [3.05, 3.63) is 12.2 Å². The van der Waals surface area contributed by atoms with E-state index in [9.17, 15) is 0 Å². The summed E-state index contributed by atoms with van der Waals surface area (Å²) in [5, 5.41) is 7.00. The van der Waals surface area contributed by atoms with Crippen LogP contribution in [-0.2, 0) is 0 Å². The summed E-state index contributed by atoms with van der Waals surface area (Å²) in [6, 6.07) is 0. The predicted octanol–water partition coefficient (Wildman–Crippen LogP) is 2.85. The van der Waals surface area contributed by atoms with Crippen LogP contribution in [0.1, 0.15) is 34.6 Å². The van der Waals surface area contributed by atoms with Crippen molar-refractivity contribution in [3.8, 4) is 0 Å². The van der Waals surface area contributed by atoms with Crippen LogP contribution >= 0.6 is 0 Å². The van der Waals surface area contributed by atoms with Crippen LogP contribution in [-0.4, -0.2) is 12.2 Å². The fourth-order valence-electron chi connectivity index (χ4n) is 0. The summed E-state index contributed by atoms with van der Waals surface area (Å²) in [6.45, 7) is 14.0. The predicted molar refractivity (Wildman–Crippen MR) is 49.1 cm³/mol. The highest BCUT2D eigenvalue weighted by Gasteiger charge is 1.68. The summed E-state index contributed by atoms with van der Waals surface area (Å²) in [6.07, 6.45) is 0. The summed E-state index contributed by atoms with van der Waals surface area (Å²) in [7, 11) is 1.00. The summed E-state index contributed by atoms with van der Waals surface area (Å²) >= 11 is 0. The molecule has 10 heavy (non-hydrogen) atoms. The van der Waals surface area contributed by atoms with Crippen molar-refractivity contribution in [2.75, 3.05) is 7.11 Å². The molecule has 0 bridgehead atoms. The Bertz CT molecular complexity index is 49.0. The SMILES string of the molecule is C=C(C)C.CC(C)C.CO. The van der Waals surface area contributed by atoms with E-state index >= 15 is 0 Å². The van der Waals surface area contributed by atoms with Crippen molar-refractivity contribution in [1.82, 2.24) is 0 Å². The molecule has 0 rings (SSSR count). The van der Waals surface area contributed by atoms with E-state index in [2.05, 4.69) is 27.4 Å². The smallest absolute Gasteiger partial charge is 0.0319 e. The number of hydrogen-bond acceptors (Lipinski definition) is 1. The van der Waals surface area contributed by atoms with Crippen molar-refractivity contribution in [1.29, 1.82) is 0 Å². The van der Waals surface area contributed by atoms with Crippen molar-refractivity contribution >= 4 is 0 Å². The molecule has 0 aliphatic rings. The number of aliphatic hydroxyl groups excluding tert-OH is 1. The van der Waals surface area contributed by atoms with Gasteiger partial charge >= 0.3 is 0 Å². The maximum absolute atomic E-state index is 7.00. The lowest BCUT2D eigenvalue weighted by Gasteiger charge is -1.79. The maximum Gasteiger partial charge on any atom is 0.0319 e. The molecule has 0 aromatic rings. The normalized spacial score (nSPS) is 6.80. The Morgan fingerprint density at radius 2 is 1.10 bits per heavy atom. The van der Waals surface area contributed by atoms with Gasteiger partial charge in [0.2, 0.25) is 0 Å². The topological polar surface area (TPSA) is 20.2 Å². The van der Waals surface area contributed by atoms with Gasteiger partial charge in [-0.3, -0.25) is 0 Å². The number of rotatable bonds is 0. The molecule has 1 N–H and O–H groups in total. The summed E-state index contributed by atoms with van der Waals surface area (Å²) in [5.41, 5.74) is 1.17. The van der Waals surface area contributed by atoms with Gasteiger partial charge < -0.3 is 5.11 Å². The van der Waals surface area contributed by atoms with Gasteiger partial charge in [0, 0.05) is 7.11 Å². The van der Waals surface area contributed by atoms with Gasteiger partial charge in [-0.25, -0.2) is 0 Å². The lowest BCUT2D eigenvalue weighted by molar-refractivity contribution is 0.399. The fraction of sp³-hybridized carbons (Fsp3) is 0.778. The molecule has 0 spiro atoms. The van der Waals surface area contributed by atoms with E-state index in [1.165, 1.54) is 5.57 Å². The maximum atomic E-state index is 7.00. The van der Waals surface area contributed by atoms with Crippen LogP contribution in [0.25, 0.3) is 0 Å². The quantitative estimate of drug-likeness (QED) is 0.521. The molecule has 64 valence electrons. The Morgan fingerprint density at radius 3 is 1.10 bits per heavy atom. The summed E-state index contributed by atoms with van der Waals surface area (Å²) in [5.74, 6) is 0.833. The minimum absolute atomic E-state index is 0.833. The zero-order valence-corrected chi connectivity index (χ0v) is 8.23. The number of aliphatic hydroxyl groups is 1. The lowest BCUT2D eigenvalue weighted by atomic mass is 10.3. The van der Waals surface area contributed by atoms with Crippen LogP contribution in [0.15, 0.2) is 12.2 Å². The summed E-state index contributed by atoms with van der Waals surface area (Å²) in [4.78, 5) is 0. The molecule has 0 saturated carbocycles. The van der Waals surface area contributed by atoms with Crippen molar-refractivity contribution in [2.24, 2.45) is 5.92 Å². The molecule has 1 heteroatoms. The van der Waals surface area contributed by atoms with Crippen molar-refractivity contribution in [2.45, 2.75) is 34.6 Å². The second-order valence-corrected chi connectivity index (χ2v) is 2.94. The van der Waals surface area contributed by atoms with E-state index < -0.39 is 0 Å². The molecule has 0 saturated heterocycles. The Kier molecular flexibility index (Phi) is 26.0. The first-order valence-electron chi connectivity index (χ1n) is 3.53. The molecule has 0 aliphatic heterocycles. The molecule has 0 amide bonds. The Hall–Kier alpha value is -0.300. The van der Waals surface area contributed by atoms with E-state index in [0.29, 0.717) is 0 Å². The lowest BCUT2D eigenvalue weighted by Crippen LogP contribution is -1.66. The van der Waals surface area contributed by atoms with Crippen molar-refractivity contribution in [3.63, 3.8) is 0 Å². The highest BCUT2D eigenvalue weighted by atomic mass is 16.2. The Balaban J connectivity index is -0.0000000787. The van der Waals surface area contributed by atoms with Gasteiger partial charge in [-0.1, -0.05) is 26.3 Å². The van der Waals surface area contributed by atoms with Crippen LogP contribution in [0, 0.1) is 5.92 Å². The van der Waals surface area contributed by atoms with E-state index in [4.69, 9.17) is 5.11 Å². The van der Waals surface area contributed by atoms with Crippen LogP contribution in [0.5, 0.6) is 0 Å². The van der Waals surface area contributed by atoms with Crippen LogP contribution < -0.4 is 0 Å². The monoisotopic (exact) mass is 146 g/mol. The second kappa shape index (κ2) is 15.9. The Labute approximate surface area is 65.8 Å². The highest BCUT2D eigenvalue weighted by Crippen LogP contribution is 1.81. The van der Waals surface area contributed by atoms with Crippen LogP contribution in [0.4, 0.5) is 0 Å². The van der Waals surface area contributed by atoms with E-state index in [0.717, 1.165) is 13.0 Å². The number of hydrogen-bond donors (Lipinski definition) is 1. The van der Waals surface area contributed by atoms with E-state index in [1.807, 2.05) is 13.8 Å². The highest BCUT2D eigenvalue weighted by molar-refractivity contribution is 4.78. The second-order valence-electron chi connectivity index (χ2n) is 2.94.